The summed E-state index contributed by atoms with van der Waals surface area (Å²) in [6, 6.07) is 1.47. The lowest BCUT2D eigenvalue weighted by atomic mass is 10.0. The number of halogens is 1. The third kappa shape index (κ3) is 4.08. The highest BCUT2D eigenvalue weighted by Gasteiger charge is 2.21. The van der Waals surface area contributed by atoms with Crippen LogP contribution in [0.4, 0.5) is 5.82 Å². The lowest BCUT2D eigenvalue weighted by Gasteiger charge is -2.21. The molecule has 2 heterocycles. The first-order valence-electron chi connectivity index (χ1n) is 5.97. The molecule has 106 valence electrons. The van der Waals surface area contributed by atoms with Gasteiger partial charge in [0.1, 0.15) is 10.7 Å². The van der Waals surface area contributed by atoms with E-state index in [0.717, 1.165) is 24.3 Å². The zero-order chi connectivity index (χ0) is 13.9. The van der Waals surface area contributed by atoms with E-state index in [9.17, 15) is 8.42 Å². The van der Waals surface area contributed by atoms with Gasteiger partial charge in [-0.2, -0.15) is 11.8 Å². The molecule has 1 fully saturated rings. The van der Waals surface area contributed by atoms with Crippen LogP contribution in [0.1, 0.15) is 12.8 Å². The number of aromatic nitrogens is 1. The van der Waals surface area contributed by atoms with Crippen LogP contribution in [0.2, 0.25) is 0 Å². The third-order valence-corrected chi connectivity index (χ3v) is 5.98. The fourth-order valence-corrected chi connectivity index (χ4v) is 4.81. The molecule has 1 aliphatic rings. The molecule has 0 aromatic carbocycles. The lowest BCUT2D eigenvalue weighted by molar-refractivity contribution is 0.476. The maximum atomic E-state index is 12.2. The fraction of sp³-hybridized carbons (Fsp3) is 0.545. The van der Waals surface area contributed by atoms with Crippen LogP contribution in [0.15, 0.2) is 21.6 Å². The summed E-state index contributed by atoms with van der Waals surface area (Å²) in [5, 5.41) is 0. The molecule has 1 aromatic rings. The van der Waals surface area contributed by atoms with Crippen LogP contribution in [-0.2, 0) is 10.0 Å². The van der Waals surface area contributed by atoms with Crippen LogP contribution in [-0.4, -0.2) is 31.5 Å². The van der Waals surface area contributed by atoms with Gasteiger partial charge in [0.2, 0.25) is 10.0 Å². The van der Waals surface area contributed by atoms with Gasteiger partial charge >= 0.3 is 0 Å². The quantitative estimate of drug-likeness (QED) is 0.850. The zero-order valence-corrected chi connectivity index (χ0v) is 13.5. The molecule has 8 heteroatoms. The number of hydrogen-bond donors (Lipinski definition) is 2. The number of sulfonamides is 1. The summed E-state index contributed by atoms with van der Waals surface area (Å²) in [6.07, 6.45) is 3.59. The Labute approximate surface area is 125 Å². The molecule has 3 N–H and O–H groups in total. The summed E-state index contributed by atoms with van der Waals surface area (Å²) >= 11 is 5.12. The Morgan fingerprint density at radius 1 is 1.47 bits per heavy atom. The maximum absolute atomic E-state index is 12.2. The first kappa shape index (κ1) is 15.1. The van der Waals surface area contributed by atoms with Crippen molar-refractivity contribution in [1.82, 2.24) is 9.71 Å². The van der Waals surface area contributed by atoms with Crippen molar-refractivity contribution in [2.45, 2.75) is 17.7 Å². The molecule has 0 aliphatic carbocycles. The summed E-state index contributed by atoms with van der Waals surface area (Å²) < 4.78 is 27.6. The van der Waals surface area contributed by atoms with E-state index in [0.29, 0.717) is 16.9 Å². The predicted octanol–water partition coefficient (Wildman–Crippen LogP) is 1.85. The minimum absolute atomic E-state index is 0.0231. The minimum Gasteiger partial charge on any atom is -0.383 e. The first-order chi connectivity index (χ1) is 8.99. The van der Waals surface area contributed by atoms with Gasteiger partial charge in [0.15, 0.2) is 0 Å². The largest absolute Gasteiger partial charge is 0.383 e. The molecule has 1 saturated heterocycles. The number of thioether (sulfide) groups is 1. The van der Waals surface area contributed by atoms with E-state index >= 15 is 0 Å². The lowest BCUT2D eigenvalue weighted by Crippen LogP contribution is -2.31. The molecule has 0 unspecified atom stereocenters. The van der Waals surface area contributed by atoms with E-state index < -0.39 is 10.0 Å². The van der Waals surface area contributed by atoms with Gasteiger partial charge in [0.25, 0.3) is 0 Å². The topological polar surface area (TPSA) is 85.1 Å². The average Bonchev–Trinajstić information content (AvgIpc) is 2.40. The van der Waals surface area contributed by atoms with Crippen LogP contribution in [0, 0.1) is 5.92 Å². The van der Waals surface area contributed by atoms with Gasteiger partial charge in [-0.1, -0.05) is 0 Å². The second kappa shape index (κ2) is 6.43. The molecule has 0 atom stereocenters. The summed E-state index contributed by atoms with van der Waals surface area (Å²) in [4.78, 5) is 3.88. The summed E-state index contributed by atoms with van der Waals surface area (Å²) in [7, 11) is -3.59. The van der Waals surface area contributed by atoms with Gasteiger partial charge in [-0.15, -0.1) is 0 Å². The van der Waals surface area contributed by atoms with Crippen molar-refractivity contribution in [3.05, 3.63) is 16.7 Å². The van der Waals surface area contributed by atoms with E-state index in [1.807, 2.05) is 11.8 Å². The molecule has 0 spiro atoms. The average molecular weight is 366 g/mol. The second-order valence-corrected chi connectivity index (χ2v) is 8.32. The number of hydrogen-bond acceptors (Lipinski definition) is 5. The van der Waals surface area contributed by atoms with Gasteiger partial charge in [-0.05, 0) is 52.3 Å². The standard InChI is InChI=1S/C11H16BrN3O2S2/c12-9-5-10(11(13)14-7-9)19(16,17)15-6-8-1-3-18-4-2-8/h5,7-8,15H,1-4,6H2,(H2,13,14). The van der Waals surface area contributed by atoms with E-state index in [1.165, 1.54) is 12.3 Å². The van der Waals surface area contributed by atoms with Gasteiger partial charge in [-0.25, -0.2) is 18.1 Å². The molecule has 5 nitrogen and oxygen atoms in total. The molecular weight excluding hydrogens is 350 g/mol. The van der Waals surface area contributed by atoms with Gasteiger partial charge < -0.3 is 5.73 Å². The molecule has 1 aromatic heterocycles. The number of pyridine rings is 1. The van der Waals surface area contributed by atoms with Gasteiger partial charge in [0.05, 0.1) is 0 Å². The Kier molecular flexibility index (Phi) is 5.10. The SMILES string of the molecule is Nc1ncc(Br)cc1S(=O)(=O)NCC1CCSCC1. The Morgan fingerprint density at radius 2 is 2.16 bits per heavy atom. The summed E-state index contributed by atoms with van der Waals surface area (Å²) in [5.41, 5.74) is 5.63. The van der Waals surface area contributed by atoms with Crippen LogP contribution in [0.5, 0.6) is 0 Å². The van der Waals surface area contributed by atoms with Crippen molar-refractivity contribution >= 4 is 43.5 Å². The highest BCUT2D eigenvalue weighted by atomic mass is 79.9. The minimum atomic E-state index is -3.59. The summed E-state index contributed by atoms with van der Waals surface area (Å²) in [6.45, 7) is 0.467. The Morgan fingerprint density at radius 3 is 2.84 bits per heavy atom. The van der Waals surface area contributed by atoms with Crippen LogP contribution < -0.4 is 10.5 Å². The number of nitrogens with zero attached hydrogens (tertiary/aromatic N) is 1. The Hall–Kier alpha value is -0.310. The van der Waals surface area contributed by atoms with Crippen molar-refractivity contribution in [2.75, 3.05) is 23.8 Å². The molecule has 1 aliphatic heterocycles. The van der Waals surface area contributed by atoms with E-state index in [2.05, 4.69) is 25.6 Å². The molecular formula is C11H16BrN3O2S2. The van der Waals surface area contributed by atoms with Crippen molar-refractivity contribution in [3.8, 4) is 0 Å². The van der Waals surface area contributed by atoms with Gasteiger partial charge in [0, 0.05) is 17.2 Å². The molecule has 19 heavy (non-hydrogen) atoms. The van der Waals surface area contributed by atoms with Gasteiger partial charge in [-0.3, -0.25) is 0 Å². The smallest absolute Gasteiger partial charge is 0.244 e. The zero-order valence-electron chi connectivity index (χ0n) is 10.3. The predicted molar refractivity (Wildman–Crippen MR) is 81.6 cm³/mol. The first-order valence-corrected chi connectivity index (χ1v) is 9.40. The van der Waals surface area contributed by atoms with Crippen LogP contribution >= 0.6 is 27.7 Å². The molecule has 0 saturated carbocycles. The highest BCUT2D eigenvalue weighted by molar-refractivity contribution is 9.10. The molecule has 0 amide bonds. The molecule has 0 bridgehead atoms. The number of nitrogen functional groups attached to an aromatic ring is 1. The summed E-state index contributed by atoms with van der Waals surface area (Å²) in [5.74, 6) is 2.65. The van der Waals surface area contributed by atoms with Crippen molar-refractivity contribution < 1.29 is 8.42 Å². The normalized spacial score (nSPS) is 17.5. The number of anilines is 1. The van der Waals surface area contributed by atoms with Crippen LogP contribution in [0.25, 0.3) is 0 Å². The molecule has 0 radical (unpaired) electrons. The fourth-order valence-electron chi connectivity index (χ4n) is 1.90. The van der Waals surface area contributed by atoms with Crippen molar-refractivity contribution in [1.29, 1.82) is 0 Å². The van der Waals surface area contributed by atoms with Crippen molar-refractivity contribution in [3.63, 3.8) is 0 Å². The van der Waals surface area contributed by atoms with E-state index in [-0.39, 0.29) is 10.7 Å². The highest BCUT2D eigenvalue weighted by Crippen LogP contribution is 2.24. The Bertz CT molecular complexity index is 545. The maximum Gasteiger partial charge on any atom is 0.244 e. The second-order valence-electron chi connectivity index (χ2n) is 4.44. The number of rotatable bonds is 4. The molecule has 2 rings (SSSR count). The number of nitrogens with two attached hydrogens (primary N) is 1. The van der Waals surface area contributed by atoms with Crippen molar-refractivity contribution in [2.24, 2.45) is 5.92 Å². The third-order valence-electron chi connectivity index (χ3n) is 3.04. The Balaban J connectivity index is 2.07. The van der Waals surface area contributed by atoms with Crippen LogP contribution in [0.3, 0.4) is 0 Å². The number of nitrogens with one attached hydrogen (secondary N) is 1. The monoisotopic (exact) mass is 365 g/mol. The van der Waals surface area contributed by atoms with E-state index in [1.54, 1.807) is 0 Å². The van der Waals surface area contributed by atoms with E-state index in [4.69, 9.17) is 5.73 Å².